The summed E-state index contributed by atoms with van der Waals surface area (Å²) in [5, 5.41) is 3.63. The first kappa shape index (κ1) is 12.3. The third-order valence-electron chi connectivity index (χ3n) is 5.58. The summed E-state index contributed by atoms with van der Waals surface area (Å²) in [6, 6.07) is 13.5. The van der Waals surface area contributed by atoms with Crippen LogP contribution < -0.4 is 5.32 Å². The zero-order valence-corrected chi connectivity index (χ0v) is 13.0. The van der Waals surface area contributed by atoms with Crippen LogP contribution in [0.1, 0.15) is 42.9 Å². The van der Waals surface area contributed by atoms with Crippen molar-refractivity contribution in [3.8, 4) is 11.1 Å². The molecule has 0 fully saturated rings. The standard InChI is InChI=1S/C21H19N/c1-21(2)15-9-5-3-7-13(15)19-16(21)11-12-18-20(19)14-8-4-6-10-17(14)22-18/h3-7,9-12,14,22H,8H2,1-2H3. The van der Waals surface area contributed by atoms with Gasteiger partial charge in [-0.1, -0.05) is 56.3 Å². The topological polar surface area (TPSA) is 12.0 Å². The van der Waals surface area contributed by atoms with Crippen LogP contribution in [0.15, 0.2) is 60.3 Å². The molecule has 108 valence electrons. The minimum absolute atomic E-state index is 0.0952. The Morgan fingerprint density at radius 3 is 2.82 bits per heavy atom. The van der Waals surface area contributed by atoms with E-state index in [1.54, 1.807) is 0 Å². The van der Waals surface area contributed by atoms with Crippen LogP contribution in [0.25, 0.3) is 11.1 Å². The van der Waals surface area contributed by atoms with Gasteiger partial charge < -0.3 is 5.32 Å². The van der Waals surface area contributed by atoms with E-state index < -0.39 is 0 Å². The lowest BCUT2D eigenvalue weighted by Gasteiger charge is -2.22. The highest BCUT2D eigenvalue weighted by molar-refractivity contribution is 5.89. The Balaban J connectivity index is 1.85. The van der Waals surface area contributed by atoms with Crippen molar-refractivity contribution in [2.45, 2.75) is 31.6 Å². The lowest BCUT2D eigenvalue weighted by molar-refractivity contribution is 0.659. The predicted octanol–water partition coefficient (Wildman–Crippen LogP) is 5.35. The number of anilines is 1. The van der Waals surface area contributed by atoms with Gasteiger partial charge in [0.15, 0.2) is 0 Å². The summed E-state index contributed by atoms with van der Waals surface area (Å²) in [4.78, 5) is 0. The quantitative estimate of drug-likeness (QED) is 0.688. The normalized spacial score (nSPS) is 22.3. The second kappa shape index (κ2) is 3.92. The van der Waals surface area contributed by atoms with Gasteiger partial charge in [-0.2, -0.15) is 0 Å². The summed E-state index contributed by atoms with van der Waals surface area (Å²) in [6.07, 6.45) is 7.79. The van der Waals surface area contributed by atoms with Gasteiger partial charge in [0.25, 0.3) is 0 Å². The van der Waals surface area contributed by atoms with Crippen LogP contribution in [0.4, 0.5) is 5.69 Å². The molecule has 1 heterocycles. The number of nitrogens with one attached hydrogen (secondary N) is 1. The molecule has 3 aliphatic rings. The Hall–Kier alpha value is -2.28. The SMILES string of the molecule is CC1(C)c2ccccc2-c2c1ccc1c2C2CC=CC=C2N1. The molecule has 5 rings (SSSR count). The van der Waals surface area contributed by atoms with Crippen molar-refractivity contribution in [3.63, 3.8) is 0 Å². The Labute approximate surface area is 131 Å². The Morgan fingerprint density at radius 2 is 1.91 bits per heavy atom. The van der Waals surface area contributed by atoms with Crippen LogP contribution >= 0.6 is 0 Å². The van der Waals surface area contributed by atoms with E-state index in [0.29, 0.717) is 5.92 Å². The summed E-state index contributed by atoms with van der Waals surface area (Å²) in [7, 11) is 0. The first-order valence-corrected chi connectivity index (χ1v) is 8.09. The highest BCUT2D eigenvalue weighted by Gasteiger charge is 2.40. The average Bonchev–Trinajstić information content (AvgIpc) is 3.02. The summed E-state index contributed by atoms with van der Waals surface area (Å²) in [5.41, 5.74) is 10.1. The number of hydrogen-bond donors (Lipinski definition) is 1. The lowest BCUT2D eigenvalue weighted by Crippen LogP contribution is -2.14. The fourth-order valence-electron chi connectivity index (χ4n) is 4.48. The molecule has 1 aliphatic heterocycles. The van der Waals surface area contributed by atoms with Crippen molar-refractivity contribution in [3.05, 3.63) is 77.0 Å². The second-order valence-corrected chi connectivity index (χ2v) is 7.08. The molecule has 2 aliphatic carbocycles. The maximum Gasteiger partial charge on any atom is 0.0427 e. The van der Waals surface area contributed by atoms with Gasteiger partial charge in [-0.3, -0.25) is 0 Å². The molecule has 1 atom stereocenters. The van der Waals surface area contributed by atoms with Crippen molar-refractivity contribution in [1.82, 2.24) is 0 Å². The Bertz CT molecular complexity index is 867. The first-order chi connectivity index (χ1) is 10.7. The largest absolute Gasteiger partial charge is 0.358 e. The van der Waals surface area contributed by atoms with Gasteiger partial charge in [0.05, 0.1) is 0 Å². The third-order valence-corrected chi connectivity index (χ3v) is 5.58. The molecule has 2 aromatic rings. The summed E-state index contributed by atoms with van der Waals surface area (Å²) in [6.45, 7) is 4.70. The average molecular weight is 285 g/mol. The molecule has 1 nitrogen and oxygen atoms in total. The van der Waals surface area contributed by atoms with Crippen LogP contribution in [-0.4, -0.2) is 0 Å². The van der Waals surface area contributed by atoms with Crippen molar-refractivity contribution >= 4 is 5.69 Å². The molecular formula is C21H19N. The fourth-order valence-corrected chi connectivity index (χ4v) is 4.48. The van der Waals surface area contributed by atoms with Gasteiger partial charge in [-0.25, -0.2) is 0 Å². The smallest absolute Gasteiger partial charge is 0.0427 e. The zero-order valence-electron chi connectivity index (χ0n) is 13.0. The van der Waals surface area contributed by atoms with E-state index in [2.05, 4.69) is 73.8 Å². The van der Waals surface area contributed by atoms with Crippen molar-refractivity contribution in [2.75, 3.05) is 5.32 Å². The molecular weight excluding hydrogens is 266 g/mol. The molecule has 0 radical (unpaired) electrons. The maximum atomic E-state index is 3.63. The third kappa shape index (κ3) is 1.34. The van der Waals surface area contributed by atoms with E-state index in [1.807, 2.05) is 0 Å². The van der Waals surface area contributed by atoms with E-state index in [9.17, 15) is 0 Å². The Kier molecular flexibility index (Phi) is 2.19. The highest BCUT2D eigenvalue weighted by Crippen LogP contribution is 2.56. The van der Waals surface area contributed by atoms with Gasteiger partial charge in [-0.15, -0.1) is 0 Å². The summed E-state index contributed by atoms with van der Waals surface area (Å²) < 4.78 is 0. The van der Waals surface area contributed by atoms with E-state index >= 15 is 0 Å². The van der Waals surface area contributed by atoms with E-state index in [1.165, 1.54) is 39.2 Å². The van der Waals surface area contributed by atoms with Gasteiger partial charge in [0.1, 0.15) is 0 Å². The molecule has 0 bridgehead atoms. The molecule has 1 heteroatoms. The zero-order chi connectivity index (χ0) is 14.9. The van der Waals surface area contributed by atoms with Gasteiger partial charge in [-0.05, 0) is 46.4 Å². The second-order valence-electron chi connectivity index (χ2n) is 7.08. The van der Waals surface area contributed by atoms with Gasteiger partial charge in [0, 0.05) is 22.7 Å². The Morgan fingerprint density at radius 1 is 1.05 bits per heavy atom. The molecule has 1 unspecified atom stereocenters. The number of fused-ring (bicyclic) bond motifs is 7. The number of hydrogen-bond acceptors (Lipinski definition) is 1. The number of benzene rings is 2. The van der Waals surface area contributed by atoms with Gasteiger partial charge >= 0.3 is 0 Å². The van der Waals surface area contributed by atoms with E-state index in [0.717, 1.165) is 6.42 Å². The van der Waals surface area contributed by atoms with E-state index in [-0.39, 0.29) is 5.41 Å². The van der Waals surface area contributed by atoms with Gasteiger partial charge in [0.2, 0.25) is 0 Å². The van der Waals surface area contributed by atoms with Crippen LogP contribution in [0.2, 0.25) is 0 Å². The minimum atomic E-state index is 0.0952. The molecule has 0 spiro atoms. The monoisotopic (exact) mass is 285 g/mol. The van der Waals surface area contributed by atoms with Crippen molar-refractivity contribution in [1.29, 1.82) is 0 Å². The van der Waals surface area contributed by atoms with Crippen LogP contribution in [-0.2, 0) is 5.41 Å². The number of allylic oxidation sites excluding steroid dienone is 4. The molecule has 0 saturated heterocycles. The molecule has 1 N–H and O–H groups in total. The highest BCUT2D eigenvalue weighted by atomic mass is 14.9. The van der Waals surface area contributed by atoms with Crippen LogP contribution in [0.5, 0.6) is 0 Å². The first-order valence-electron chi connectivity index (χ1n) is 8.09. The molecule has 2 aromatic carbocycles. The van der Waals surface area contributed by atoms with Crippen molar-refractivity contribution < 1.29 is 0 Å². The molecule has 0 saturated carbocycles. The molecule has 0 amide bonds. The number of rotatable bonds is 0. The van der Waals surface area contributed by atoms with E-state index in [4.69, 9.17) is 0 Å². The maximum absolute atomic E-state index is 3.63. The minimum Gasteiger partial charge on any atom is -0.358 e. The molecule has 0 aromatic heterocycles. The lowest BCUT2D eigenvalue weighted by atomic mass is 9.81. The molecule has 22 heavy (non-hydrogen) atoms. The van der Waals surface area contributed by atoms with Crippen LogP contribution in [0.3, 0.4) is 0 Å². The summed E-state index contributed by atoms with van der Waals surface area (Å²) >= 11 is 0. The predicted molar refractivity (Wildman–Crippen MR) is 92.2 cm³/mol. The summed E-state index contributed by atoms with van der Waals surface area (Å²) in [5.74, 6) is 0.497. The fraction of sp³-hybridized carbons (Fsp3) is 0.238. The van der Waals surface area contributed by atoms with Crippen molar-refractivity contribution in [2.24, 2.45) is 0 Å². The van der Waals surface area contributed by atoms with Crippen LogP contribution in [0, 0.1) is 0 Å².